The summed E-state index contributed by atoms with van der Waals surface area (Å²) < 4.78 is 0. The number of carbonyl (C=O) groups excluding carboxylic acids is 3. The molecule has 0 heterocycles. The molecule has 0 fully saturated rings. The quantitative estimate of drug-likeness (QED) is 0.455. The van der Waals surface area contributed by atoms with Crippen LogP contribution in [-0.2, 0) is 14.4 Å². The molecule has 0 aromatic heterocycles. The summed E-state index contributed by atoms with van der Waals surface area (Å²) in [4.78, 5) is 36.6. The molecule has 0 bridgehead atoms. The second-order valence-corrected chi connectivity index (χ2v) is 8.47. The number of aliphatic hydroxyl groups excluding tert-OH is 1. The van der Waals surface area contributed by atoms with Gasteiger partial charge in [-0.15, -0.1) is 0 Å². The minimum absolute atomic E-state index is 0.0186. The molecular weight excluding hydrogens is 344 g/mol. The standard InChI is InChI=1S/C21H40N2O4/c1-8-21(7,20(27)22-13-16(5)24)11-9-10-18(12-15(4)17(6)25)19(26)23-14(2)3/h14-16,18,24H,8-13H2,1-7H3,(H,22,27)(H,23,26). The smallest absolute Gasteiger partial charge is 0.226 e. The van der Waals surface area contributed by atoms with E-state index in [4.69, 9.17) is 0 Å². The summed E-state index contributed by atoms with van der Waals surface area (Å²) >= 11 is 0. The van der Waals surface area contributed by atoms with E-state index in [0.29, 0.717) is 25.7 Å². The number of Topliss-reactive ketones (excluding diaryl/α,β-unsaturated/α-hetero) is 1. The Kier molecular flexibility index (Phi) is 11.5. The lowest BCUT2D eigenvalue weighted by molar-refractivity contribution is -0.131. The van der Waals surface area contributed by atoms with Crippen LogP contribution in [0.4, 0.5) is 0 Å². The van der Waals surface area contributed by atoms with Crippen molar-refractivity contribution < 1.29 is 19.5 Å². The Morgan fingerprint density at radius 3 is 2.15 bits per heavy atom. The summed E-state index contributed by atoms with van der Waals surface area (Å²) in [7, 11) is 0. The Bertz CT molecular complexity index is 491. The number of aliphatic hydroxyl groups is 1. The molecule has 0 spiro atoms. The fourth-order valence-electron chi connectivity index (χ4n) is 2.99. The first-order chi connectivity index (χ1) is 12.4. The number of amides is 2. The predicted molar refractivity (Wildman–Crippen MR) is 108 cm³/mol. The molecule has 0 aliphatic carbocycles. The lowest BCUT2D eigenvalue weighted by Crippen LogP contribution is -2.41. The maximum atomic E-state index is 12.5. The van der Waals surface area contributed by atoms with Gasteiger partial charge in [0.05, 0.1) is 6.10 Å². The first-order valence-corrected chi connectivity index (χ1v) is 10.2. The highest BCUT2D eigenvalue weighted by molar-refractivity contribution is 5.82. The zero-order valence-corrected chi connectivity index (χ0v) is 18.2. The minimum Gasteiger partial charge on any atom is -0.392 e. The van der Waals surface area contributed by atoms with Crippen LogP contribution in [0.5, 0.6) is 0 Å². The van der Waals surface area contributed by atoms with Crippen LogP contribution in [0, 0.1) is 17.3 Å². The zero-order chi connectivity index (χ0) is 21.2. The third kappa shape index (κ3) is 9.89. The predicted octanol–water partition coefficient (Wildman–Crippen LogP) is 2.83. The Balaban J connectivity index is 4.89. The molecule has 0 aromatic rings. The molecule has 27 heavy (non-hydrogen) atoms. The Hall–Kier alpha value is -1.43. The third-order valence-corrected chi connectivity index (χ3v) is 5.30. The maximum absolute atomic E-state index is 12.5. The van der Waals surface area contributed by atoms with Gasteiger partial charge in [0, 0.05) is 29.8 Å². The number of rotatable bonds is 13. The summed E-state index contributed by atoms with van der Waals surface area (Å²) in [5.74, 6) is -0.373. The molecule has 0 radical (unpaired) electrons. The highest BCUT2D eigenvalue weighted by Gasteiger charge is 2.32. The molecule has 0 rings (SSSR count). The molecule has 0 saturated heterocycles. The zero-order valence-electron chi connectivity index (χ0n) is 18.2. The van der Waals surface area contributed by atoms with Crippen LogP contribution >= 0.6 is 0 Å². The molecule has 3 N–H and O–H groups in total. The van der Waals surface area contributed by atoms with Gasteiger partial charge in [-0.1, -0.05) is 27.2 Å². The van der Waals surface area contributed by atoms with E-state index in [9.17, 15) is 19.5 Å². The van der Waals surface area contributed by atoms with Crippen LogP contribution < -0.4 is 10.6 Å². The number of ketones is 1. The summed E-state index contributed by atoms with van der Waals surface area (Å²) in [5, 5.41) is 15.1. The van der Waals surface area contributed by atoms with Crippen molar-refractivity contribution in [3.8, 4) is 0 Å². The largest absolute Gasteiger partial charge is 0.392 e. The van der Waals surface area contributed by atoms with Crippen molar-refractivity contribution in [2.24, 2.45) is 17.3 Å². The highest BCUT2D eigenvalue weighted by atomic mass is 16.3. The van der Waals surface area contributed by atoms with Gasteiger partial charge < -0.3 is 15.7 Å². The third-order valence-electron chi connectivity index (χ3n) is 5.30. The summed E-state index contributed by atoms with van der Waals surface area (Å²) in [6.45, 7) is 13.0. The maximum Gasteiger partial charge on any atom is 0.226 e. The number of carbonyl (C=O) groups is 3. The topological polar surface area (TPSA) is 95.5 Å². The number of hydrogen-bond acceptors (Lipinski definition) is 4. The van der Waals surface area contributed by atoms with E-state index >= 15 is 0 Å². The van der Waals surface area contributed by atoms with Crippen LogP contribution in [0.3, 0.4) is 0 Å². The van der Waals surface area contributed by atoms with Gasteiger partial charge in [0.1, 0.15) is 5.78 Å². The van der Waals surface area contributed by atoms with Gasteiger partial charge in [-0.05, 0) is 53.4 Å². The van der Waals surface area contributed by atoms with Gasteiger partial charge in [0.2, 0.25) is 11.8 Å². The van der Waals surface area contributed by atoms with Gasteiger partial charge in [0.15, 0.2) is 0 Å². The average Bonchev–Trinajstić information content (AvgIpc) is 2.57. The molecule has 6 nitrogen and oxygen atoms in total. The van der Waals surface area contributed by atoms with Crippen molar-refractivity contribution >= 4 is 17.6 Å². The van der Waals surface area contributed by atoms with Crippen molar-refractivity contribution in [2.45, 2.75) is 92.7 Å². The van der Waals surface area contributed by atoms with Crippen LogP contribution in [0.2, 0.25) is 0 Å². The van der Waals surface area contributed by atoms with E-state index in [-0.39, 0.29) is 42.0 Å². The first-order valence-electron chi connectivity index (χ1n) is 10.2. The summed E-state index contributed by atoms with van der Waals surface area (Å²) in [6.07, 6.45) is 2.68. The molecule has 158 valence electrons. The molecule has 2 amide bonds. The van der Waals surface area contributed by atoms with E-state index in [0.717, 1.165) is 6.42 Å². The van der Waals surface area contributed by atoms with E-state index in [1.807, 2.05) is 34.6 Å². The molecule has 4 unspecified atom stereocenters. The lowest BCUT2D eigenvalue weighted by Gasteiger charge is -2.28. The van der Waals surface area contributed by atoms with Crippen molar-refractivity contribution in [1.82, 2.24) is 10.6 Å². The Labute approximate surface area is 164 Å². The molecule has 0 saturated carbocycles. The van der Waals surface area contributed by atoms with E-state index in [1.54, 1.807) is 13.8 Å². The van der Waals surface area contributed by atoms with E-state index in [2.05, 4.69) is 10.6 Å². The molecule has 4 atom stereocenters. The SMILES string of the molecule is CCC(C)(CCCC(CC(C)C(C)=O)C(=O)NC(C)C)C(=O)NCC(C)O. The second-order valence-electron chi connectivity index (χ2n) is 8.47. The Morgan fingerprint density at radius 2 is 1.70 bits per heavy atom. The second kappa shape index (κ2) is 12.1. The first kappa shape index (κ1) is 25.6. The Morgan fingerprint density at radius 1 is 1.11 bits per heavy atom. The van der Waals surface area contributed by atoms with Crippen molar-refractivity contribution in [3.05, 3.63) is 0 Å². The van der Waals surface area contributed by atoms with Gasteiger partial charge in [-0.3, -0.25) is 14.4 Å². The van der Waals surface area contributed by atoms with Gasteiger partial charge in [-0.2, -0.15) is 0 Å². The number of hydrogen-bond donors (Lipinski definition) is 3. The summed E-state index contributed by atoms with van der Waals surface area (Å²) in [5.41, 5.74) is -0.528. The molecule has 0 aliphatic heterocycles. The highest BCUT2D eigenvalue weighted by Crippen LogP contribution is 2.30. The molecule has 0 aliphatic rings. The van der Waals surface area contributed by atoms with Crippen LogP contribution in [0.25, 0.3) is 0 Å². The van der Waals surface area contributed by atoms with Gasteiger partial charge in [0.25, 0.3) is 0 Å². The van der Waals surface area contributed by atoms with E-state index < -0.39 is 11.5 Å². The molecule has 6 heteroatoms. The van der Waals surface area contributed by atoms with Gasteiger partial charge in [-0.25, -0.2) is 0 Å². The fourth-order valence-corrected chi connectivity index (χ4v) is 2.99. The average molecular weight is 385 g/mol. The van der Waals surface area contributed by atoms with Crippen molar-refractivity contribution in [3.63, 3.8) is 0 Å². The lowest BCUT2D eigenvalue weighted by atomic mass is 9.79. The van der Waals surface area contributed by atoms with Gasteiger partial charge >= 0.3 is 0 Å². The fraction of sp³-hybridized carbons (Fsp3) is 0.857. The molecular formula is C21H40N2O4. The minimum atomic E-state index is -0.577. The monoisotopic (exact) mass is 384 g/mol. The molecule has 0 aromatic carbocycles. The van der Waals surface area contributed by atoms with Crippen LogP contribution in [0.15, 0.2) is 0 Å². The normalized spacial score (nSPS) is 16.9. The van der Waals surface area contributed by atoms with Crippen molar-refractivity contribution in [2.75, 3.05) is 6.54 Å². The van der Waals surface area contributed by atoms with Crippen LogP contribution in [0.1, 0.15) is 80.6 Å². The van der Waals surface area contributed by atoms with E-state index in [1.165, 1.54) is 0 Å². The van der Waals surface area contributed by atoms with Crippen molar-refractivity contribution in [1.29, 1.82) is 0 Å². The van der Waals surface area contributed by atoms with Crippen LogP contribution in [-0.4, -0.2) is 41.4 Å². The number of nitrogens with one attached hydrogen (secondary N) is 2. The summed E-state index contributed by atoms with van der Waals surface area (Å²) in [6, 6.07) is 0.0554.